The highest BCUT2D eigenvalue weighted by atomic mass is 19.1. The number of amides is 1. The molecule has 0 aliphatic heterocycles. The first-order valence-electron chi connectivity index (χ1n) is 8.33. The van der Waals surface area contributed by atoms with E-state index < -0.39 is 23.4 Å². The van der Waals surface area contributed by atoms with Gasteiger partial charge in [0, 0.05) is 24.2 Å². The summed E-state index contributed by atoms with van der Waals surface area (Å²) in [5, 5.41) is 13.5. The van der Waals surface area contributed by atoms with E-state index in [0.717, 1.165) is 5.56 Å². The van der Waals surface area contributed by atoms with Crippen LogP contribution in [-0.2, 0) is 20.7 Å². The molecule has 8 nitrogen and oxygen atoms in total. The van der Waals surface area contributed by atoms with Crippen molar-refractivity contribution in [3.05, 3.63) is 63.5 Å². The Morgan fingerprint density at radius 3 is 2.50 bits per heavy atom. The molecule has 2 rings (SSSR count). The van der Waals surface area contributed by atoms with Crippen molar-refractivity contribution in [3.8, 4) is 5.75 Å². The van der Waals surface area contributed by atoms with Crippen molar-refractivity contribution in [3.63, 3.8) is 0 Å². The molecule has 0 saturated heterocycles. The fourth-order valence-corrected chi connectivity index (χ4v) is 2.42. The predicted molar refractivity (Wildman–Crippen MR) is 98.7 cm³/mol. The molecular formula is C19H19FN2O6. The highest BCUT2D eigenvalue weighted by molar-refractivity contribution is 5.94. The van der Waals surface area contributed by atoms with Crippen molar-refractivity contribution in [2.75, 3.05) is 19.0 Å². The molecule has 148 valence electrons. The van der Waals surface area contributed by atoms with E-state index in [-0.39, 0.29) is 23.7 Å². The summed E-state index contributed by atoms with van der Waals surface area (Å²) >= 11 is 0. The average molecular weight is 390 g/mol. The molecule has 0 atom stereocenters. The lowest BCUT2D eigenvalue weighted by Gasteiger charge is -2.11. The summed E-state index contributed by atoms with van der Waals surface area (Å²) in [6.45, 7) is 1.09. The van der Waals surface area contributed by atoms with Crippen LogP contribution in [0.2, 0.25) is 0 Å². The van der Waals surface area contributed by atoms with Gasteiger partial charge in [0.2, 0.25) is 0 Å². The summed E-state index contributed by atoms with van der Waals surface area (Å²) in [5.41, 5.74) is 1.33. The molecule has 28 heavy (non-hydrogen) atoms. The zero-order valence-electron chi connectivity index (χ0n) is 15.4. The second kappa shape index (κ2) is 9.45. The lowest BCUT2D eigenvalue weighted by atomic mass is 10.1. The number of hydrogen-bond acceptors (Lipinski definition) is 6. The Balaban J connectivity index is 1.87. The quantitative estimate of drug-likeness (QED) is 0.421. The van der Waals surface area contributed by atoms with Gasteiger partial charge < -0.3 is 14.8 Å². The third-order valence-electron chi connectivity index (χ3n) is 3.89. The molecule has 0 heterocycles. The van der Waals surface area contributed by atoms with E-state index in [1.807, 2.05) is 0 Å². The van der Waals surface area contributed by atoms with Crippen LogP contribution in [0, 0.1) is 22.9 Å². The number of carbonyl (C=O) groups is 2. The van der Waals surface area contributed by atoms with Gasteiger partial charge in [-0.05, 0) is 36.6 Å². The van der Waals surface area contributed by atoms with Gasteiger partial charge in [0.1, 0.15) is 5.82 Å². The maximum Gasteiger partial charge on any atom is 0.311 e. The van der Waals surface area contributed by atoms with Gasteiger partial charge in [0.25, 0.3) is 5.91 Å². The van der Waals surface area contributed by atoms with Crippen LogP contribution < -0.4 is 10.1 Å². The SMILES string of the molecule is COc1cc(NC(=O)COC(=O)CCc2ccc(F)cc2)c(C)cc1[N+](=O)[O-]. The Bertz CT molecular complexity index is 883. The number of nitro benzene ring substituents is 1. The summed E-state index contributed by atoms with van der Waals surface area (Å²) < 4.78 is 22.7. The number of nitrogens with zero attached hydrogens (tertiary/aromatic N) is 1. The molecule has 0 spiro atoms. The predicted octanol–water partition coefficient (Wildman–Crippen LogP) is 3.17. The van der Waals surface area contributed by atoms with Crippen LogP contribution in [-0.4, -0.2) is 30.5 Å². The molecule has 9 heteroatoms. The number of carbonyl (C=O) groups excluding carboxylic acids is 2. The van der Waals surface area contributed by atoms with Gasteiger partial charge in [-0.15, -0.1) is 0 Å². The van der Waals surface area contributed by atoms with E-state index >= 15 is 0 Å². The summed E-state index contributed by atoms with van der Waals surface area (Å²) in [4.78, 5) is 34.2. The monoisotopic (exact) mass is 390 g/mol. The van der Waals surface area contributed by atoms with Crippen LogP contribution in [0.15, 0.2) is 36.4 Å². The first-order chi connectivity index (χ1) is 13.3. The van der Waals surface area contributed by atoms with E-state index in [4.69, 9.17) is 9.47 Å². The normalized spacial score (nSPS) is 10.2. The Hall–Kier alpha value is -3.49. The molecule has 2 aromatic carbocycles. The standard InChI is InChI=1S/C19H19FN2O6/c1-12-9-16(22(25)26)17(27-2)10-15(12)21-18(23)11-28-19(24)8-5-13-3-6-14(20)7-4-13/h3-4,6-7,9-10H,5,8,11H2,1-2H3,(H,21,23). The molecule has 0 fully saturated rings. The maximum absolute atomic E-state index is 12.8. The number of anilines is 1. The van der Waals surface area contributed by atoms with Crippen LogP contribution in [0.4, 0.5) is 15.8 Å². The summed E-state index contributed by atoms with van der Waals surface area (Å²) in [6.07, 6.45) is 0.405. The maximum atomic E-state index is 12.8. The average Bonchev–Trinajstić information content (AvgIpc) is 2.67. The molecule has 0 unspecified atom stereocenters. The molecule has 0 aliphatic carbocycles. The molecule has 1 amide bonds. The Morgan fingerprint density at radius 2 is 1.89 bits per heavy atom. The molecule has 0 saturated carbocycles. The van der Waals surface area contributed by atoms with E-state index in [2.05, 4.69) is 5.32 Å². The molecule has 0 aromatic heterocycles. The number of aryl methyl sites for hydroxylation is 2. The van der Waals surface area contributed by atoms with Crippen LogP contribution >= 0.6 is 0 Å². The molecule has 0 radical (unpaired) electrons. The van der Waals surface area contributed by atoms with Crippen molar-refractivity contribution in [1.82, 2.24) is 0 Å². The van der Waals surface area contributed by atoms with Crippen molar-refractivity contribution in [1.29, 1.82) is 0 Å². The molecule has 1 N–H and O–H groups in total. The van der Waals surface area contributed by atoms with Gasteiger partial charge in [-0.2, -0.15) is 0 Å². The first-order valence-corrected chi connectivity index (χ1v) is 8.33. The Morgan fingerprint density at radius 1 is 1.21 bits per heavy atom. The number of halogens is 1. The number of methoxy groups -OCH3 is 1. The molecular weight excluding hydrogens is 371 g/mol. The van der Waals surface area contributed by atoms with E-state index in [9.17, 15) is 24.1 Å². The number of ether oxygens (including phenoxy) is 2. The van der Waals surface area contributed by atoms with Crippen molar-refractivity contribution in [2.45, 2.75) is 19.8 Å². The van der Waals surface area contributed by atoms with Gasteiger partial charge in [0.15, 0.2) is 12.4 Å². The minimum atomic E-state index is -0.589. The van der Waals surface area contributed by atoms with Crippen molar-refractivity contribution in [2.24, 2.45) is 0 Å². The summed E-state index contributed by atoms with van der Waals surface area (Å²) in [7, 11) is 1.28. The van der Waals surface area contributed by atoms with Crippen molar-refractivity contribution >= 4 is 23.3 Å². The third kappa shape index (κ3) is 5.76. The minimum Gasteiger partial charge on any atom is -0.490 e. The van der Waals surface area contributed by atoms with E-state index in [1.54, 1.807) is 19.1 Å². The minimum absolute atomic E-state index is 0.00203. The highest BCUT2D eigenvalue weighted by Gasteiger charge is 2.18. The van der Waals surface area contributed by atoms with Crippen LogP contribution in [0.3, 0.4) is 0 Å². The second-order valence-electron chi connectivity index (χ2n) is 5.93. The van der Waals surface area contributed by atoms with Gasteiger partial charge in [0.05, 0.1) is 12.0 Å². The van der Waals surface area contributed by atoms with Gasteiger partial charge in [-0.3, -0.25) is 19.7 Å². The Labute approximate surface area is 160 Å². The first kappa shape index (κ1) is 20.8. The van der Waals surface area contributed by atoms with Crippen molar-refractivity contribution < 1.29 is 28.4 Å². The fourth-order valence-electron chi connectivity index (χ4n) is 2.42. The number of benzene rings is 2. The molecule has 0 bridgehead atoms. The zero-order chi connectivity index (χ0) is 20.7. The summed E-state index contributed by atoms with van der Waals surface area (Å²) in [5.74, 6) is -1.52. The Kier molecular flexibility index (Phi) is 7.02. The lowest BCUT2D eigenvalue weighted by molar-refractivity contribution is -0.385. The molecule has 0 aliphatic rings. The number of nitro groups is 1. The summed E-state index contributed by atoms with van der Waals surface area (Å²) in [6, 6.07) is 8.36. The van der Waals surface area contributed by atoms with Crippen LogP contribution in [0.1, 0.15) is 17.5 Å². The van der Waals surface area contributed by atoms with E-state index in [1.165, 1.54) is 31.4 Å². The van der Waals surface area contributed by atoms with Gasteiger partial charge in [-0.25, -0.2) is 4.39 Å². The largest absolute Gasteiger partial charge is 0.490 e. The van der Waals surface area contributed by atoms with E-state index in [0.29, 0.717) is 17.7 Å². The number of nitrogens with one attached hydrogen (secondary N) is 1. The lowest BCUT2D eigenvalue weighted by Crippen LogP contribution is -2.21. The number of rotatable bonds is 8. The van der Waals surface area contributed by atoms with Crippen LogP contribution in [0.5, 0.6) is 5.75 Å². The zero-order valence-corrected chi connectivity index (χ0v) is 15.4. The topological polar surface area (TPSA) is 108 Å². The van der Waals surface area contributed by atoms with Gasteiger partial charge >= 0.3 is 11.7 Å². The number of hydrogen-bond donors (Lipinski definition) is 1. The highest BCUT2D eigenvalue weighted by Crippen LogP contribution is 2.32. The fraction of sp³-hybridized carbons (Fsp3) is 0.263. The van der Waals surface area contributed by atoms with Crippen LogP contribution in [0.25, 0.3) is 0 Å². The van der Waals surface area contributed by atoms with Gasteiger partial charge in [-0.1, -0.05) is 12.1 Å². The second-order valence-corrected chi connectivity index (χ2v) is 5.93. The smallest absolute Gasteiger partial charge is 0.311 e. The third-order valence-corrected chi connectivity index (χ3v) is 3.89. The molecule has 2 aromatic rings. The number of esters is 1.